The summed E-state index contributed by atoms with van der Waals surface area (Å²) in [6.45, 7) is 0.633. The Balaban J connectivity index is 1.61. The second kappa shape index (κ2) is 6.40. The largest absolute Gasteiger partial charge is 0.481 e. The second-order valence-corrected chi connectivity index (χ2v) is 6.96. The van der Waals surface area contributed by atoms with Crippen LogP contribution in [0.3, 0.4) is 0 Å². The molecule has 0 bridgehead atoms. The fourth-order valence-corrected chi connectivity index (χ4v) is 3.70. The first kappa shape index (κ1) is 16.5. The van der Waals surface area contributed by atoms with E-state index < -0.39 is 11.9 Å². The summed E-state index contributed by atoms with van der Waals surface area (Å²) in [7, 11) is 0. The SMILES string of the molecule is O=C(O)[C@H]1CN(C(=O)c2ccc(=O)n(-c3ccccc3)n2)C[C@@H]1C1CC1. The van der Waals surface area contributed by atoms with Gasteiger partial charge in [-0.3, -0.25) is 14.4 Å². The van der Waals surface area contributed by atoms with Crippen molar-refractivity contribution in [1.29, 1.82) is 0 Å². The zero-order valence-electron chi connectivity index (χ0n) is 14.1. The zero-order chi connectivity index (χ0) is 18.3. The summed E-state index contributed by atoms with van der Waals surface area (Å²) in [4.78, 5) is 38.1. The minimum absolute atomic E-state index is 0.0106. The van der Waals surface area contributed by atoms with E-state index in [1.807, 2.05) is 6.07 Å². The van der Waals surface area contributed by atoms with Crippen LogP contribution >= 0.6 is 0 Å². The average Bonchev–Trinajstić information content (AvgIpc) is 3.40. The van der Waals surface area contributed by atoms with Crippen molar-refractivity contribution in [2.24, 2.45) is 17.8 Å². The third-order valence-corrected chi connectivity index (χ3v) is 5.22. The molecule has 2 heterocycles. The van der Waals surface area contributed by atoms with Crippen LogP contribution in [-0.2, 0) is 4.79 Å². The fourth-order valence-electron chi connectivity index (χ4n) is 3.70. The van der Waals surface area contributed by atoms with Crippen LogP contribution in [0.4, 0.5) is 0 Å². The van der Waals surface area contributed by atoms with Gasteiger partial charge in [0.05, 0.1) is 11.6 Å². The van der Waals surface area contributed by atoms with Crippen molar-refractivity contribution in [1.82, 2.24) is 14.7 Å². The van der Waals surface area contributed by atoms with Gasteiger partial charge in [-0.2, -0.15) is 9.78 Å². The minimum Gasteiger partial charge on any atom is -0.481 e. The second-order valence-electron chi connectivity index (χ2n) is 6.96. The van der Waals surface area contributed by atoms with Gasteiger partial charge in [-0.15, -0.1) is 0 Å². The Morgan fingerprint density at radius 2 is 1.77 bits per heavy atom. The van der Waals surface area contributed by atoms with Gasteiger partial charge in [-0.1, -0.05) is 18.2 Å². The molecule has 0 unspecified atom stereocenters. The van der Waals surface area contributed by atoms with Gasteiger partial charge in [0.25, 0.3) is 11.5 Å². The molecular formula is C19H19N3O4. The standard InChI is InChI=1S/C19H19N3O4/c23-17-9-8-16(20-22(17)13-4-2-1-3-5-13)18(24)21-10-14(12-6-7-12)15(11-21)19(25)26/h1-5,8-9,12,14-15H,6-7,10-11H2,(H,25,26)/t14-,15+/m1/s1. The molecular weight excluding hydrogens is 334 g/mol. The van der Waals surface area contributed by atoms with Crippen LogP contribution in [0.15, 0.2) is 47.3 Å². The van der Waals surface area contributed by atoms with Crippen LogP contribution in [0.1, 0.15) is 23.3 Å². The van der Waals surface area contributed by atoms with Crippen LogP contribution in [-0.4, -0.2) is 44.8 Å². The molecule has 2 atom stereocenters. The van der Waals surface area contributed by atoms with Crippen molar-refractivity contribution < 1.29 is 14.7 Å². The number of hydrogen-bond acceptors (Lipinski definition) is 4. The lowest BCUT2D eigenvalue weighted by molar-refractivity contribution is -0.142. The van der Waals surface area contributed by atoms with Gasteiger partial charge >= 0.3 is 5.97 Å². The van der Waals surface area contributed by atoms with Crippen molar-refractivity contribution in [3.05, 3.63) is 58.5 Å². The number of carbonyl (C=O) groups is 2. The lowest BCUT2D eigenvalue weighted by atomic mass is 9.92. The highest BCUT2D eigenvalue weighted by molar-refractivity contribution is 5.93. The summed E-state index contributed by atoms with van der Waals surface area (Å²) in [5, 5.41) is 13.7. The summed E-state index contributed by atoms with van der Waals surface area (Å²) < 4.78 is 1.19. The first-order valence-corrected chi connectivity index (χ1v) is 8.72. The van der Waals surface area contributed by atoms with E-state index >= 15 is 0 Å². The number of para-hydroxylation sites is 1. The van der Waals surface area contributed by atoms with E-state index in [4.69, 9.17) is 0 Å². The molecule has 1 aromatic carbocycles. The van der Waals surface area contributed by atoms with E-state index in [1.165, 1.54) is 16.8 Å². The zero-order valence-corrected chi connectivity index (χ0v) is 14.1. The van der Waals surface area contributed by atoms with Crippen molar-refractivity contribution >= 4 is 11.9 Å². The summed E-state index contributed by atoms with van der Waals surface area (Å²) >= 11 is 0. The molecule has 1 N–H and O–H groups in total. The number of carboxylic acids is 1. The Morgan fingerprint density at radius 1 is 1.04 bits per heavy atom. The van der Waals surface area contributed by atoms with E-state index in [2.05, 4.69) is 5.10 Å². The van der Waals surface area contributed by atoms with Gasteiger partial charge in [0.1, 0.15) is 5.69 Å². The summed E-state index contributed by atoms with van der Waals surface area (Å²) in [5.74, 6) is -1.29. The van der Waals surface area contributed by atoms with Crippen LogP contribution in [0.2, 0.25) is 0 Å². The molecule has 134 valence electrons. The van der Waals surface area contributed by atoms with E-state index in [-0.39, 0.29) is 29.6 Å². The first-order valence-electron chi connectivity index (χ1n) is 8.72. The van der Waals surface area contributed by atoms with Crippen LogP contribution < -0.4 is 5.56 Å². The Labute approximate surface area is 149 Å². The highest BCUT2D eigenvalue weighted by Crippen LogP contribution is 2.44. The summed E-state index contributed by atoms with van der Waals surface area (Å²) in [5.41, 5.74) is 0.398. The number of benzene rings is 1. The number of amides is 1. The molecule has 1 saturated carbocycles. The van der Waals surface area contributed by atoms with Crippen molar-refractivity contribution in [2.75, 3.05) is 13.1 Å². The maximum absolute atomic E-state index is 12.9. The Kier molecular flexibility index (Phi) is 4.06. The molecule has 7 heteroatoms. The lowest BCUT2D eigenvalue weighted by Gasteiger charge is -2.16. The van der Waals surface area contributed by atoms with Crippen LogP contribution in [0, 0.1) is 17.8 Å². The number of aromatic nitrogens is 2. The molecule has 26 heavy (non-hydrogen) atoms. The average molecular weight is 353 g/mol. The minimum atomic E-state index is -0.848. The normalized spacial score (nSPS) is 22.4. The lowest BCUT2D eigenvalue weighted by Crippen LogP contribution is -2.32. The number of carbonyl (C=O) groups excluding carboxylic acids is 1. The molecule has 4 rings (SSSR count). The molecule has 0 spiro atoms. The van der Waals surface area contributed by atoms with Crippen LogP contribution in [0.25, 0.3) is 5.69 Å². The predicted octanol–water partition coefficient (Wildman–Crippen LogP) is 1.42. The van der Waals surface area contributed by atoms with E-state index in [0.717, 1.165) is 12.8 Å². The maximum Gasteiger partial charge on any atom is 0.308 e. The monoisotopic (exact) mass is 353 g/mol. The van der Waals surface area contributed by atoms with Gasteiger partial charge in [0, 0.05) is 19.2 Å². The highest BCUT2D eigenvalue weighted by Gasteiger charge is 2.47. The molecule has 1 aliphatic heterocycles. The predicted molar refractivity (Wildman–Crippen MR) is 93.1 cm³/mol. The van der Waals surface area contributed by atoms with Gasteiger partial charge in [0.2, 0.25) is 0 Å². The smallest absolute Gasteiger partial charge is 0.308 e. The third kappa shape index (κ3) is 3.00. The molecule has 0 radical (unpaired) electrons. The number of nitrogens with zero attached hydrogens (tertiary/aromatic N) is 3. The van der Waals surface area contributed by atoms with E-state index in [1.54, 1.807) is 29.2 Å². The summed E-state index contributed by atoms with van der Waals surface area (Å²) in [6.07, 6.45) is 2.07. The molecule has 1 aromatic heterocycles. The summed E-state index contributed by atoms with van der Waals surface area (Å²) in [6, 6.07) is 11.6. The molecule has 7 nitrogen and oxygen atoms in total. The topological polar surface area (TPSA) is 92.5 Å². The fraction of sp³-hybridized carbons (Fsp3) is 0.368. The highest BCUT2D eigenvalue weighted by atomic mass is 16.4. The third-order valence-electron chi connectivity index (χ3n) is 5.22. The van der Waals surface area contributed by atoms with Gasteiger partial charge in [-0.05, 0) is 42.9 Å². The van der Waals surface area contributed by atoms with Gasteiger partial charge in [0.15, 0.2) is 0 Å². The van der Waals surface area contributed by atoms with E-state index in [0.29, 0.717) is 18.2 Å². The maximum atomic E-state index is 12.9. The van der Waals surface area contributed by atoms with Crippen molar-refractivity contribution in [2.45, 2.75) is 12.8 Å². The molecule has 1 amide bonds. The number of carboxylic acid groups (broad SMARTS) is 1. The number of rotatable bonds is 4. The molecule has 2 aromatic rings. The van der Waals surface area contributed by atoms with Gasteiger partial charge < -0.3 is 10.0 Å². The first-order chi connectivity index (χ1) is 12.5. The van der Waals surface area contributed by atoms with E-state index in [9.17, 15) is 19.5 Å². The number of aliphatic carboxylic acids is 1. The van der Waals surface area contributed by atoms with Crippen LogP contribution in [0.5, 0.6) is 0 Å². The molecule has 2 aliphatic rings. The molecule has 1 aliphatic carbocycles. The quantitative estimate of drug-likeness (QED) is 0.897. The Hall–Kier alpha value is -2.96. The molecule has 2 fully saturated rings. The number of hydrogen-bond donors (Lipinski definition) is 1. The van der Waals surface area contributed by atoms with Crippen molar-refractivity contribution in [3.63, 3.8) is 0 Å². The van der Waals surface area contributed by atoms with Crippen molar-refractivity contribution in [3.8, 4) is 5.69 Å². The Bertz CT molecular complexity index is 905. The molecule has 1 saturated heterocycles. The van der Waals surface area contributed by atoms with Gasteiger partial charge in [-0.25, -0.2) is 0 Å². The Morgan fingerprint density at radius 3 is 2.42 bits per heavy atom. The number of likely N-dealkylation sites (tertiary alicyclic amines) is 1.